The number of likely N-dealkylation sites (tertiary alicyclic amines) is 1. The monoisotopic (exact) mass is 280 g/mol. The van der Waals surface area contributed by atoms with Gasteiger partial charge in [-0.1, -0.05) is 18.2 Å². The van der Waals surface area contributed by atoms with Gasteiger partial charge in [-0.3, -0.25) is 0 Å². The predicted octanol–water partition coefficient (Wildman–Crippen LogP) is 1.93. The van der Waals surface area contributed by atoms with Gasteiger partial charge in [0.1, 0.15) is 11.9 Å². The summed E-state index contributed by atoms with van der Waals surface area (Å²) in [6.07, 6.45) is 1.14. The molecular weight excluding hydrogens is 263 g/mol. The molecule has 0 aliphatic carbocycles. The smallest absolute Gasteiger partial charge is 0.326 e. The molecule has 20 heavy (non-hydrogen) atoms. The molecule has 0 aromatic heterocycles. The van der Waals surface area contributed by atoms with Crippen LogP contribution in [0.25, 0.3) is 0 Å². The van der Waals surface area contributed by atoms with Crippen molar-refractivity contribution in [2.75, 3.05) is 13.6 Å². The molecular formula is C14H17FN2O3. The molecule has 1 atom stereocenters. The van der Waals surface area contributed by atoms with Crippen molar-refractivity contribution < 1.29 is 19.1 Å². The van der Waals surface area contributed by atoms with Gasteiger partial charge < -0.3 is 14.9 Å². The van der Waals surface area contributed by atoms with Crippen molar-refractivity contribution in [3.63, 3.8) is 0 Å². The highest BCUT2D eigenvalue weighted by Gasteiger charge is 2.35. The van der Waals surface area contributed by atoms with Crippen molar-refractivity contribution in [1.82, 2.24) is 9.80 Å². The van der Waals surface area contributed by atoms with Crippen molar-refractivity contribution >= 4 is 12.0 Å². The van der Waals surface area contributed by atoms with Crippen molar-refractivity contribution in [3.8, 4) is 0 Å². The van der Waals surface area contributed by atoms with Crippen LogP contribution in [0.5, 0.6) is 0 Å². The number of carboxylic acids is 1. The van der Waals surface area contributed by atoms with Gasteiger partial charge in [0.05, 0.1) is 0 Å². The summed E-state index contributed by atoms with van der Waals surface area (Å²) in [5.74, 6) is -1.36. The molecule has 0 radical (unpaired) electrons. The molecule has 0 unspecified atom stereocenters. The standard InChI is InChI=1S/C14H17FN2O3/c1-16(9-10-5-2-3-6-11(10)15)14(20)17-8-4-7-12(17)13(18)19/h2-3,5-6,12H,4,7-9H2,1H3,(H,18,19)/t12-/m0/s1. The Morgan fingerprint density at radius 3 is 2.80 bits per heavy atom. The number of urea groups is 1. The number of nitrogens with zero attached hydrogens (tertiary/aromatic N) is 2. The minimum absolute atomic E-state index is 0.119. The Bertz CT molecular complexity index is 521. The predicted molar refractivity (Wildman–Crippen MR) is 70.6 cm³/mol. The van der Waals surface area contributed by atoms with Crippen molar-refractivity contribution in [3.05, 3.63) is 35.6 Å². The summed E-state index contributed by atoms with van der Waals surface area (Å²) in [6, 6.07) is 5.08. The van der Waals surface area contributed by atoms with Gasteiger partial charge in [0.25, 0.3) is 0 Å². The third kappa shape index (κ3) is 2.89. The van der Waals surface area contributed by atoms with Gasteiger partial charge in [-0.05, 0) is 18.9 Å². The maximum Gasteiger partial charge on any atom is 0.326 e. The third-order valence-corrected chi connectivity index (χ3v) is 3.48. The number of benzene rings is 1. The van der Waals surface area contributed by atoms with Crippen LogP contribution in [0.15, 0.2) is 24.3 Å². The molecule has 1 N–H and O–H groups in total. The summed E-state index contributed by atoms with van der Waals surface area (Å²) in [7, 11) is 1.55. The Morgan fingerprint density at radius 2 is 2.15 bits per heavy atom. The molecule has 1 saturated heterocycles. The lowest BCUT2D eigenvalue weighted by Crippen LogP contribution is -2.46. The molecule has 1 heterocycles. The molecule has 5 nitrogen and oxygen atoms in total. The maximum atomic E-state index is 13.5. The normalized spacial score (nSPS) is 18.1. The van der Waals surface area contributed by atoms with E-state index in [1.807, 2.05) is 0 Å². The number of halogens is 1. The minimum atomic E-state index is -0.991. The fourth-order valence-electron chi connectivity index (χ4n) is 2.42. The summed E-state index contributed by atoms with van der Waals surface area (Å²) in [5.41, 5.74) is 0.412. The maximum absolute atomic E-state index is 13.5. The van der Waals surface area contributed by atoms with E-state index in [4.69, 9.17) is 5.11 Å². The number of carboxylic acid groups (broad SMARTS) is 1. The molecule has 1 aliphatic heterocycles. The first-order chi connectivity index (χ1) is 9.50. The van der Waals surface area contributed by atoms with Gasteiger partial charge >= 0.3 is 12.0 Å². The number of hydrogen-bond donors (Lipinski definition) is 1. The summed E-state index contributed by atoms with van der Waals surface area (Å²) < 4.78 is 13.5. The lowest BCUT2D eigenvalue weighted by atomic mass is 10.2. The summed E-state index contributed by atoms with van der Waals surface area (Å²) in [4.78, 5) is 26.0. The Morgan fingerprint density at radius 1 is 1.45 bits per heavy atom. The van der Waals surface area contributed by atoms with E-state index in [0.29, 0.717) is 24.9 Å². The van der Waals surface area contributed by atoms with Crippen LogP contribution in [-0.4, -0.2) is 46.5 Å². The van der Waals surface area contributed by atoms with Crippen LogP contribution < -0.4 is 0 Å². The van der Waals surface area contributed by atoms with E-state index >= 15 is 0 Å². The largest absolute Gasteiger partial charge is 0.480 e. The molecule has 0 spiro atoms. The number of rotatable bonds is 3. The number of amides is 2. The van der Waals surface area contributed by atoms with Crippen LogP contribution >= 0.6 is 0 Å². The zero-order chi connectivity index (χ0) is 14.7. The molecule has 6 heteroatoms. The molecule has 1 aromatic carbocycles. The third-order valence-electron chi connectivity index (χ3n) is 3.48. The lowest BCUT2D eigenvalue weighted by molar-refractivity contribution is -0.141. The van der Waals surface area contributed by atoms with Gasteiger partial charge in [0.15, 0.2) is 0 Å². The Labute approximate surface area is 116 Å². The van der Waals surface area contributed by atoms with E-state index in [0.717, 1.165) is 0 Å². The number of carbonyl (C=O) groups is 2. The molecule has 2 rings (SSSR count). The van der Waals surface area contributed by atoms with Gasteiger partial charge in [-0.2, -0.15) is 0 Å². The van der Waals surface area contributed by atoms with Crippen LogP contribution in [0.1, 0.15) is 18.4 Å². The molecule has 1 aliphatic rings. The average Bonchev–Trinajstić information content (AvgIpc) is 2.89. The zero-order valence-corrected chi connectivity index (χ0v) is 11.3. The van der Waals surface area contributed by atoms with Crippen LogP contribution in [-0.2, 0) is 11.3 Å². The van der Waals surface area contributed by atoms with E-state index in [9.17, 15) is 14.0 Å². The van der Waals surface area contributed by atoms with Gasteiger partial charge in [-0.15, -0.1) is 0 Å². The number of hydrogen-bond acceptors (Lipinski definition) is 2. The Balaban J connectivity index is 2.05. The SMILES string of the molecule is CN(Cc1ccccc1F)C(=O)N1CCC[C@H]1C(=O)O. The molecule has 1 aromatic rings. The molecule has 2 amide bonds. The van der Waals surface area contributed by atoms with Crippen molar-refractivity contribution in [2.45, 2.75) is 25.4 Å². The Hall–Kier alpha value is -2.11. The lowest BCUT2D eigenvalue weighted by Gasteiger charge is -2.27. The first-order valence-electron chi connectivity index (χ1n) is 6.48. The van der Waals surface area contributed by atoms with Gasteiger partial charge in [0, 0.05) is 25.7 Å². The Kier molecular flexibility index (Phi) is 4.22. The molecule has 0 saturated carbocycles. The van der Waals surface area contributed by atoms with Crippen LogP contribution in [0.2, 0.25) is 0 Å². The van der Waals surface area contributed by atoms with E-state index in [1.54, 1.807) is 25.2 Å². The fourth-order valence-corrected chi connectivity index (χ4v) is 2.42. The second-order valence-corrected chi connectivity index (χ2v) is 4.92. The molecule has 108 valence electrons. The average molecular weight is 280 g/mol. The number of aliphatic carboxylic acids is 1. The van der Waals surface area contributed by atoms with E-state index < -0.39 is 12.0 Å². The van der Waals surface area contributed by atoms with Crippen molar-refractivity contribution in [1.29, 1.82) is 0 Å². The quantitative estimate of drug-likeness (QED) is 0.920. The highest BCUT2D eigenvalue weighted by molar-refractivity contribution is 5.83. The first kappa shape index (κ1) is 14.3. The van der Waals surface area contributed by atoms with Crippen LogP contribution in [0.3, 0.4) is 0 Å². The highest BCUT2D eigenvalue weighted by atomic mass is 19.1. The molecule has 0 bridgehead atoms. The van der Waals surface area contributed by atoms with E-state index in [-0.39, 0.29) is 18.4 Å². The topological polar surface area (TPSA) is 60.9 Å². The second-order valence-electron chi connectivity index (χ2n) is 4.92. The van der Waals surface area contributed by atoms with Crippen LogP contribution in [0.4, 0.5) is 9.18 Å². The first-order valence-corrected chi connectivity index (χ1v) is 6.48. The van der Waals surface area contributed by atoms with E-state index in [1.165, 1.54) is 15.9 Å². The second kappa shape index (κ2) is 5.90. The minimum Gasteiger partial charge on any atom is -0.480 e. The summed E-state index contributed by atoms with van der Waals surface area (Å²) in [6.45, 7) is 0.547. The van der Waals surface area contributed by atoms with Crippen LogP contribution in [0, 0.1) is 5.82 Å². The molecule has 1 fully saturated rings. The summed E-state index contributed by atoms with van der Waals surface area (Å²) >= 11 is 0. The van der Waals surface area contributed by atoms with Crippen molar-refractivity contribution in [2.24, 2.45) is 0 Å². The number of carbonyl (C=O) groups excluding carboxylic acids is 1. The zero-order valence-electron chi connectivity index (χ0n) is 11.3. The van der Waals surface area contributed by atoms with Gasteiger partial charge in [-0.25, -0.2) is 14.0 Å². The van der Waals surface area contributed by atoms with E-state index in [2.05, 4.69) is 0 Å². The summed E-state index contributed by atoms with van der Waals surface area (Å²) in [5, 5.41) is 9.08. The fraction of sp³-hybridized carbons (Fsp3) is 0.429. The highest BCUT2D eigenvalue weighted by Crippen LogP contribution is 2.20. The van der Waals surface area contributed by atoms with Gasteiger partial charge in [0.2, 0.25) is 0 Å².